The number of nitrogens with zero attached hydrogens (tertiary/aromatic N) is 1. The lowest BCUT2D eigenvalue weighted by molar-refractivity contribution is 0.117. The van der Waals surface area contributed by atoms with Crippen molar-refractivity contribution in [2.45, 2.75) is 39.2 Å². The van der Waals surface area contributed by atoms with Gasteiger partial charge in [-0.1, -0.05) is 26.2 Å². The summed E-state index contributed by atoms with van der Waals surface area (Å²) in [5, 5.41) is 7.30. The predicted octanol–water partition coefficient (Wildman–Crippen LogP) is 2.46. The highest BCUT2D eigenvalue weighted by Gasteiger charge is 2.00. The first-order valence-electron chi connectivity index (χ1n) is 6.11. The van der Waals surface area contributed by atoms with Gasteiger partial charge in [0.05, 0.1) is 6.61 Å². The van der Waals surface area contributed by atoms with Gasteiger partial charge in [-0.3, -0.25) is 10.4 Å². The van der Waals surface area contributed by atoms with Crippen LogP contribution in [0.25, 0.3) is 0 Å². The smallest absolute Gasteiger partial charge is 0.141 e. The molecule has 0 radical (unpaired) electrons. The lowest BCUT2D eigenvalue weighted by atomic mass is 10.2. The Morgan fingerprint density at radius 2 is 2.24 bits per heavy atom. The fourth-order valence-electron chi connectivity index (χ4n) is 1.53. The van der Waals surface area contributed by atoms with Crippen LogP contribution in [0, 0.1) is 5.41 Å². The Morgan fingerprint density at radius 3 is 2.94 bits per heavy atom. The maximum absolute atomic E-state index is 7.30. The summed E-state index contributed by atoms with van der Waals surface area (Å²) in [6.07, 6.45) is 6.51. The monoisotopic (exact) mass is 235 g/mol. The highest BCUT2D eigenvalue weighted by Crippen LogP contribution is 2.05. The number of hydrogen-bond acceptors (Lipinski definition) is 3. The standard InChI is InChI=1S/C13H21N3O/c1-2-3-4-5-8-17-10-11-6-7-16-12(9-11)13(14)15/h6-7,9H,2-5,8,10H2,1H3,(H3,14,15). The van der Waals surface area contributed by atoms with Gasteiger partial charge in [0, 0.05) is 12.8 Å². The molecule has 1 aromatic rings. The molecule has 0 bridgehead atoms. The number of nitrogens with one attached hydrogen (secondary N) is 1. The number of rotatable bonds is 8. The van der Waals surface area contributed by atoms with Gasteiger partial charge in [-0.2, -0.15) is 0 Å². The maximum Gasteiger partial charge on any atom is 0.141 e. The summed E-state index contributed by atoms with van der Waals surface area (Å²) in [6.45, 7) is 3.55. The average molecular weight is 235 g/mol. The minimum atomic E-state index is -0.00482. The zero-order valence-electron chi connectivity index (χ0n) is 10.4. The number of amidine groups is 1. The Morgan fingerprint density at radius 1 is 1.41 bits per heavy atom. The Labute approximate surface area is 103 Å². The number of pyridine rings is 1. The van der Waals surface area contributed by atoms with Crippen LogP contribution in [0.15, 0.2) is 18.3 Å². The number of aromatic nitrogens is 1. The molecule has 17 heavy (non-hydrogen) atoms. The molecule has 0 unspecified atom stereocenters. The van der Waals surface area contributed by atoms with Gasteiger partial charge < -0.3 is 10.5 Å². The molecule has 4 heteroatoms. The molecule has 0 amide bonds. The third-order valence-corrected chi connectivity index (χ3v) is 2.51. The van der Waals surface area contributed by atoms with Crippen LogP contribution in [0.2, 0.25) is 0 Å². The van der Waals surface area contributed by atoms with E-state index in [9.17, 15) is 0 Å². The summed E-state index contributed by atoms with van der Waals surface area (Å²) < 4.78 is 5.56. The quantitative estimate of drug-likeness (QED) is 0.413. The van der Waals surface area contributed by atoms with Crippen LogP contribution < -0.4 is 5.73 Å². The van der Waals surface area contributed by atoms with Gasteiger partial charge in [-0.25, -0.2) is 0 Å². The van der Waals surface area contributed by atoms with E-state index in [1.165, 1.54) is 19.3 Å². The second-order valence-electron chi connectivity index (χ2n) is 4.08. The van der Waals surface area contributed by atoms with E-state index >= 15 is 0 Å². The van der Waals surface area contributed by atoms with E-state index in [0.29, 0.717) is 12.3 Å². The van der Waals surface area contributed by atoms with Crippen molar-refractivity contribution >= 4 is 5.84 Å². The van der Waals surface area contributed by atoms with Crippen molar-refractivity contribution in [3.8, 4) is 0 Å². The first kappa shape index (κ1) is 13.6. The van der Waals surface area contributed by atoms with Crippen molar-refractivity contribution in [2.24, 2.45) is 5.73 Å². The lowest BCUT2D eigenvalue weighted by Crippen LogP contribution is -2.13. The lowest BCUT2D eigenvalue weighted by Gasteiger charge is -2.05. The van der Waals surface area contributed by atoms with E-state index in [1.807, 2.05) is 6.07 Å². The van der Waals surface area contributed by atoms with E-state index in [4.69, 9.17) is 15.9 Å². The van der Waals surface area contributed by atoms with Gasteiger partial charge in [0.25, 0.3) is 0 Å². The molecule has 3 N–H and O–H groups in total. The molecule has 0 atom stereocenters. The van der Waals surface area contributed by atoms with Crippen LogP contribution >= 0.6 is 0 Å². The summed E-state index contributed by atoms with van der Waals surface area (Å²) in [5.41, 5.74) is 6.90. The fraction of sp³-hybridized carbons (Fsp3) is 0.538. The van der Waals surface area contributed by atoms with Crippen LogP contribution in [-0.2, 0) is 11.3 Å². The van der Waals surface area contributed by atoms with Gasteiger partial charge in [0.15, 0.2) is 0 Å². The maximum atomic E-state index is 7.30. The zero-order chi connectivity index (χ0) is 12.5. The highest BCUT2D eigenvalue weighted by molar-refractivity contribution is 5.93. The molecule has 0 spiro atoms. The number of nitrogen functional groups attached to an aromatic ring is 1. The van der Waals surface area contributed by atoms with Crippen LogP contribution in [0.3, 0.4) is 0 Å². The van der Waals surface area contributed by atoms with Crippen LogP contribution in [-0.4, -0.2) is 17.4 Å². The molecular formula is C13H21N3O. The van der Waals surface area contributed by atoms with Crippen molar-refractivity contribution in [3.05, 3.63) is 29.6 Å². The predicted molar refractivity (Wildman–Crippen MR) is 69.1 cm³/mol. The normalized spacial score (nSPS) is 10.4. The largest absolute Gasteiger partial charge is 0.382 e. The molecule has 4 nitrogen and oxygen atoms in total. The van der Waals surface area contributed by atoms with Gasteiger partial charge in [0.2, 0.25) is 0 Å². The van der Waals surface area contributed by atoms with E-state index in [0.717, 1.165) is 18.6 Å². The molecule has 1 heterocycles. The Bertz CT molecular complexity index is 352. The summed E-state index contributed by atoms with van der Waals surface area (Å²) >= 11 is 0. The Hall–Kier alpha value is -1.42. The molecule has 94 valence electrons. The van der Waals surface area contributed by atoms with Crippen molar-refractivity contribution in [3.63, 3.8) is 0 Å². The molecule has 0 aliphatic carbocycles. The fourth-order valence-corrected chi connectivity index (χ4v) is 1.53. The first-order valence-corrected chi connectivity index (χ1v) is 6.11. The number of hydrogen-bond donors (Lipinski definition) is 2. The molecule has 0 saturated heterocycles. The molecule has 1 aromatic heterocycles. The van der Waals surface area contributed by atoms with E-state index < -0.39 is 0 Å². The topological polar surface area (TPSA) is 72.0 Å². The number of ether oxygens (including phenoxy) is 1. The summed E-state index contributed by atoms with van der Waals surface area (Å²) in [6, 6.07) is 3.69. The molecule has 0 aliphatic rings. The van der Waals surface area contributed by atoms with E-state index in [2.05, 4.69) is 11.9 Å². The van der Waals surface area contributed by atoms with Gasteiger partial charge in [-0.15, -0.1) is 0 Å². The van der Waals surface area contributed by atoms with Crippen LogP contribution in [0.5, 0.6) is 0 Å². The second kappa shape index (κ2) is 7.79. The highest BCUT2D eigenvalue weighted by atomic mass is 16.5. The molecule has 1 rings (SSSR count). The van der Waals surface area contributed by atoms with Gasteiger partial charge in [-0.05, 0) is 24.1 Å². The second-order valence-corrected chi connectivity index (χ2v) is 4.08. The molecule has 0 aromatic carbocycles. The SMILES string of the molecule is CCCCCCOCc1ccnc(C(=N)N)c1. The minimum absolute atomic E-state index is 0.00482. The molecular weight excluding hydrogens is 214 g/mol. The van der Waals surface area contributed by atoms with Crippen molar-refractivity contribution in [1.82, 2.24) is 4.98 Å². The third kappa shape index (κ3) is 5.45. The number of nitrogens with two attached hydrogens (primary N) is 1. The summed E-state index contributed by atoms with van der Waals surface area (Å²) in [4.78, 5) is 4.00. The Balaban J connectivity index is 2.27. The molecule has 0 aliphatic heterocycles. The molecule has 0 saturated carbocycles. The minimum Gasteiger partial charge on any atom is -0.382 e. The van der Waals surface area contributed by atoms with Crippen LogP contribution in [0.1, 0.15) is 43.9 Å². The van der Waals surface area contributed by atoms with E-state index in [1.54, 1.807) is 12.3 Å². The first-order chi connectivity index (χ1) is 8.24. The third-order valence-electron chi connectivity index (χ3n) is 2.51. The zero-order valence-corrected chi connectivity index (χ0v) is 10.4. The van der Waals surface area contributed by atoms with Crippen molar-refractivity contribution < 1.29 is 4.74 Å². The van der Waals surface area contributed by atoms with Crippen molar-refractivity contribution in [1.29, 1.82) is 5.41 Å². The van der Waals surface area contributed by atoms with Gasteiger partial charge in [0.1, 0.15) is 11.5 Å². The van der Waals surface area contributed by atoms with Gasteiger partial charge >= 0.3 is 0 Å². The van der Waals surface area contributed by atoms with Crippen LogP contribution in [0.4, 0.5) is 0 Å². The molecule has 0 fully saturated rings. The average Bonchev–Trinajstić information content (AvgIpc) is 2.34. The van der Waals surface area contributed by atoms with E-state index in [-0.39, 0.29) is 5.84 Å². The number of unbranched alkanes of at least 4 members (excludes halogenated alkanes) is 3. The summed E-state index contributed by atoms with van der Waals surface area (Å²) in [7, 11) is 0. The summed E-state index contributed by atoms with van der Waals surface area (Å²) in [5.74, 6) is -0.00482. The van der Waals surface area contributed by atoms with Crippen molar-refractivity contribution in [2.75, 3.05) is 6.61 Å². The Kier molecular flexibility index (Phi) is 6.25.